The molecule has 0 amide bonds. The van der Waals surface area contributed by atoms with E-state index in [1.807, 2.05) is 27.7 Å². The monoisotopic (exact) mass is 590 g/mol. The molecule has 4 aromatic rings. The van der Waals surface area contributed by atoms with Crippen molar-refractivity contribution in [2.45, 2.75) is 58.3 Å². The highest BCUT2D eigenvalue weighted by Crippen LogP contribution is 2.33. The van der Waals surface area contributed by atoms with E-state index >= 15 is 4.39 Å². The highest BCUT2D eigenvalue weighted by Gasteiger charge is 2.25. The number of aliphatic hydroxyl groups is 1. The van der Waals surface area contributed by atoms with Crippen molar-refractivity contribution in [2.75, 3.05) is 32.1 Å². The number of aryl methyl sites for hydroxylation is 1. The summed E-state index contributed by atoms with van der Waals surface area (Å²) in [7, 11) is -2.56. The largest absolute Gasteiger partial charge is 0.485 e. The number of benzene rings is 1. The van der Waals surface area contributed by atoms with Gasteiger partial charge in [-0.1, -0.05) is 0 Å². The first-order chi connectivity index (χ1) is 19.5. The van der Waals surface area contributed by atoms with Crippen LogP contribution in [0.5, 0.6) is 5.75 Å². The fraction of sp³-hybridized carbons (Fsp3) is 0.462. The van der Waals surface area contributed by atoms with Crippen LogP contribution in [0.3, 0.4) is 0 Å². The van der Waals surface area contributed by atoms with E-state index in [0.717, 1.165) is 10.4 Å². The van der Waals surface area contributed by atoms with Crippen LogP contribution in [0, 0.1) is 12.7 Å². The number of anilines is 2. The molecule has 3 heterocycles. The molecule has 0 aliphatic carbocycles. The van der Waals surface area contributed by atoms with Crippen LogP contribution >= 0.6 is 0 Å². The highest BCUT2D eigenvalue weighted by atomic mass is 32.2. The van der Waals surface area contributed by atoms with Crippen LogP contribution in [-0.4, -0.2) is 80.1 Å². The van der Waals surface area contributed by atoms with Crippen molar-refractivity contribution in [1.29, 1.82) is 0 Å². The van der Waals surface area contributed by atoms with Gasteiger partial charge in [0.05, 0.1) is 22.9 Å². The Morgan fingerprint density at radius 2 is 2.00 bits per heavy atom. The van der Waals surface area contributed by atoms with Crippen LogP contribution in [0.2, 0.25) is 0 Å². The van der Waals surface area contributed by atoms with Crippen molar-refractivity contribution >= 4 is 27.3 Å². The number of halogens is 1. The first kappa shape index (κ1) is 30.3. The normalized spacial score (nSPS) is 12.9. The van der Waals surface area contributed by atoms with Crippen molar-refractivity contribution in [3.63, 3.8) is 0 Å². The van der Waals surface area contributed by atoms with Gasteiger partial charge in [0.2, 0.25) is 21.6 Å². The molecule has 3 aromatic heterocycles. The molecular formula is C26H35FN8O5S. The lowest BCUT2D eigenvalue weighted by atomic mass is 10.2. The van der Waals surface area contributed by atoms with Gasteiger partial charge in [0.15, 0.2) is 5.75 Å². The zero-order valence-corrected chi connectivity index (χ0v) is 24.7. The Morgan fingerprint density at radius 3 is 2.68 bits per heavy atom. The van der Waals surface area contributed by atoms with Gasteiger partial charge in [0.1, 0.15) is 24.1 Å². The molecule has 0 saturated heterocycles. The maximum atomic E-state index is 15.2. The number of hydrogen-bond donors (Lipinski definition) is 2. The van der Waals surface area contributed by atoms with Gasteiger partial charge in [0.25, 0.3) is 0 Å². The Labute approximate surface area is 238 Å². The molecule has 2 N–H and O–H groups in total. The van der Waals surface area contributed by atoms with E-state index in [9.17, 15) is 8.42 Å². The van der Waals surface area contributed by atoms with Gasteiger partial charge in [-0.25, -0.2) is 26.8 Å². The molecule has 0 aliphatic heterocycles. The number of nitrogens with one attached hydrogen (secondary N) is 1. The number of nitrogens with zero attached hydrogens (tertiary/aromatic N) is 7. The van der Waals surface area contributed by atoms with Gasteiger partial charge in [0, 0.05) is 38.6 Å². The molecule has 0 spiro atoms. The van der Waals surface area contributed by atoms with E-state index < -0.39 is 15.8 Å². The van der Waals surface area contributed by atoms with E-state index in [1.165, 1.54) is 24.0 Å². The van der Waals surface area contributed by atoms with Gasteiger partial charge in [-0.05, 0) is 58.7 Å². The summed E-state index contributed by atoms with van der Waals surface area (Å²) in [4.78, 5) is 8.90. The second-order valence-electron chi connectivity index (χ2n) is 9.68. The lowest BCUT2D eigenvalue weighted by molar-refractivity contribution is 0.0160. The van der Waals surface area contributed by atoms with Crippen LogP contribution in [-0.2, 0) is 14.8 Å². The van der Waals surface area contributed by atoms with E-state index in [4.69, 9.17) is 14.6 Å². The zero-order chi connectivity index (χ0) is 29.9. The van der Waals surface area contributed by atoms with Crippen LogP contribution in [0.1, 0.15) is 45.9 Å². The van der Waals surface area contributed by atoms with E-state index in [1.54, 1.807) is 24.0 Å². The second kappa shape index (κ2) is 12.5. The maximum absolute atomic E-state index is 15.2. The predicted molar refractivity (Wildman–Crippen MR) is 150 cm³/mol. The number of hydrogen-bond acceptors (Lipinski definition) is 10. The summed E-state index contributed by atoms with van der Waals surface area (Å²) in [5, 5.41) is 20.6. The number of aromatic nitrogens is 6. The Bertz CT molecular complexity index is 1620. The summed E-state index contributed by atoms with van der Waals surface area (Å²) < 4.78 is 56.9. The second-order valence-corrected chi connectivity index (χ2v) is 11.7. The lowest BCUT2D eigenvalue weighted by Gasteiger charge is -2.19. The average molecular weight is 591 g/mol. The molecule has 1 unspecified atom stereocenters. The Morgan fingerprint density at radius 1 is 1.24 bits per heavy atom. The molecule has 41 heavy (non-hydrogen) atoms. The number of sulfonamides is 1. The van der Waals surface area contributed by atoms with Crippen LogP contribution in [0.25, 0.3) is 16.9 Å². The van der Waals surface area contributed by atoms with Gasteiger partial charge >= 0.3 is 0 Å². The molecule has 4 rings (SSSR count). The Balaban J connectivity index is 1.68. The van der Waals surface area contributed by atoms with Gasteiger partial charge in [-0.15, -0.1) is 5.10 Å². The number of aliphatic hydroxyl groups excluding tert-OH is 1. The van der Waals surface area contributed by atoms with Crippen LogP contribution < -0.4 is 10.1 Å². The highest BCUT2D eigenvalue weighted by molar-refractivity contribution is 7.89. The number of ether oxygens (including phenoxy) is 2. The van der Waals surface area contributed by atoms with Crippen LogP contribution in [0.15, 0.2) is 35.7 Å². The molecule has 0 saturated carbocycles. The molecule has 0 radical (unpaired) electrons. The third kappa shape index (κ3) is 6.48. The fourth-order valence-corrected chi connectivity index (χ4v) is 5.58. The predicted octanol–water partition coefficient (Wildman–Crippen LogP) is 3.52. The molecule has 0 fully saturated rings. The first-order valence-corrected chi connectivity index (χ1v) is 14.6. The summed E-state index contributed by atoms with van der Waals surface area (Å²) in [5.74, 6) is -0.361. The molecule has 13 nitrogen and oxygen atoms in total. The van der Waals surface area contributed by atoms with Crippen molar-refractivity contribution in [3.05, 3.63) is 42.2 Å². The summed E-state index contributed by atoms with van der Waals surface area (Å²) >= 11 is 0. The number of fused-ring (bicyclic) bond motifs is 1. The topological polar surface area (TPSA) is 149 Å². The summed E-state index contributed by atoms with van der Waals surface area (Å²) in [6.45, 7) is 9.61. The maximum Gasteiger partial charge on any atom is 0.247 e. The third-order valence-corrected chi connectivity index (χ3v) is 8.18. The zero-order valence-electron chi connectivity index (χ0n) is 23.9. The first-order valence-electron chi connectivity index (χ1n) is 13.2. The fourth-order valence-electron chi connectivity index (χ4n) is 4.15. The average Bonchev–Trinajstić information content (AvgIpc) is 3.56. The SMILES string of the molecule is CCOC(C)n1cc(-c2ncn3nc(Nc4cc(C)c(S(=O)(=O)N(C)CCCO)cc4F)nc3c2OC(C)C)cn1. The van der Waals surface area contributed by atoms with Crippen molar-refractivity contribution in [1.82, 2.24) is 33.7 Å². The van der Waals surface area contributed by atoms with Gasteiger partial charge in [-0.2, -0.15) is 14.6 Å². The summed E-state index contributed by atoms with van der Waals surface area (Å²) in [6, 6.07) is 2.35. The molecule has 0 bridgehead atoms. The van der Waals surface area contributed by atoms with E-state index in [2.05, 4.69) is 25.5 Å². The molecule has 222 valence electrons. The third-order valence-electron chi connectivity index (χ3n) is 6.18. The van der Waals surface area contributed by atoms with E-state index in [-0.39, 0.29) is 48.4 Å². The molecule has 0 aliphatic rings. The lowest BCUT2D eigenvalue weighted by Crippen LogP contribution is -2.29. The Kier molecular flexibility index (Phi) is 9.21. The smallest absolute Gasteiger partial charge is 0.247 e. The molecule has 1 aromatic carbocycles. The standard InChI is InChI=1S/C26H35FN8O5S/c1-7-39-18(5)34-14-19(13-29-34)23-24(40-16(2)3)25-31-26(32-35(25)15-28-23)30-21-11-17(4)22(12-20(21)27)41(37,38)33(6)9-8-10-36/h11-16,18,36H,7-10H2,1-6H3,(H,30,32). The minimum atomic E-state index is -3.95. The molecule has 15 heteroatoms. The molecule has 1 atom stereocenters. The van der Waals surface area contributed by atoms with Crippen molar-refractivity contribution in [2.24, 2.45) is 0 Å². The Hall–Kier alpha value is -3.66. The van der Waals surface area contributed by atoms with E-state index in [0.29, 0.717) is 34.8 Å². The van der Waals surface area contributed by atoms with Crippen molar-refractivity contribution in [3.8, 4) is 17.0 Å². The van der Waals surface area contributed by atoms with Gasteiger partial charge in [-0.3, -0.25) is 0 Å². The molecular weight excluding hydrogens is 555 g/mol. The van der Waals surface area contributed by atoms with Crippen molar-refractivity contribution < 1.29 is 27.4 Å². The summed E-state index contributed by atoms with van der Waals surface area (Å²) in [5.41, 5.74) is 1.87. The number of rotatable bonds is 13. The minimum absolute atomic E-state index is 0.000987. The van der Waals surface area contributed by atoms with Gasteiger partial charge < -0.3 is 19.9 Å². The quantitative estimate of drug-likeness (QED) is 0.237. The van der Waals surface area contributed by atoms with Crippen LogP contribution in [0.4, 0.5) is 16.0 Å². The summed E-state index contributed by atoms with van der Waals surface area (Å²) in [6.07, 6.45) is 4.72. The minimum Gasteiger partial charge on any atom is -0.485 e.